The van der Waals surface area contributed by atoms with Gasteiger partial charge < -0.3 is 10.2 Å². The summed E-state index contributed by atoms with van der Waals surface area (Å²) in [6.07, 6.45) is 6.71. The second-order valence-corrected chi connectivity index (χ2v) is 4.85. The Morgan fingerprint density at radius 3 is 1.94 bits per heavy atom. The summed E-state index contributed by atoms with van der Waals surface area (Å²) in [7, 11) is 0. The maximum absolute atomic E-state index is 9.95. The third kappa shape index (κ3) is 3.65. The fourth-order valence-electron chi connectivity index (χ4n) is 2.19. The lowest BCUT2D eigenvalue weighted by Gasteiger charge is -2.12. The topological polar surface area (TPSA) is 40.5 Å². The van der Waals surface area contributed by atoms with Crippen LogP contribution in [0.4, 0.5) is 0 Å². The van der Waals surface area contributed by atoms with Crippen molar-refractivity contribution in [2.75, 3.05) is 0 Å². The summed E-state index contributed by atoms with van der Waals surface area (Å²) in [4.78, 5) is 0. The van der Waals surface area contributed by atoms with E-state index >= 15 is 0 Å². The Labute approximate surface area is 104 Å². The summed E-state index contributed by atoms with van der Waals surface area (Å²) < 4.78 is 0. The number of aryl methyl sites for hydroxylation is 2. The minimum Gasteiger partial charge on any atom is -0.507 e. The zero-order chi connectivity index (χ0) is 12.8. The molecule has 1 aromatic rings. The Morgan fingerprint density at radius 2 is 1.41 bits per heavy atom. The summed E-state index contributed by atoms with van der Waals surface area (Å²) >= 11 is 0. The fourth-order valence-corrected chi connectivity index (χ4v) is 2.19. The van der Waals surface area contributed by atoms with Gasteiger partial charge in [-0.1, -0.05) is 32.6 Å². The summed E-state index contributed by atoms with van der Waals surface area (Å²) in [5.41, 5.74) is 2.42. The molecule has 96 valence electrons. The Balaban J connectivity index is 2.64. The molecule has 1 aromatic carbocycles. The first kappa shape index (κ1) is 13.9. The highest BCUT2D eigenvalue weighted by molar-refractivity contribution is 5.52. The van der Waals surface area contributed by atoms with Gasteiger partial charge in [-0.15, -0.1) is 0 Å². The molecule has 0 saturated heterocycles. The molecule has 0 saturated carbocycles. The predicted molar refractivity (Wildman–Crippen MR) is 71.7 cm³/mol. The summed E-state index contributed by atoms with van der Waals surface area (Å²) in [5, 5.41) is 19.9. The molecule has 0 aliphatic heterocycles. The average molecular weight is 236 g/mol. The maximum atomic E-state index is 9.95. The van der Waals surface area contributed by atoms with Crippen molar-refractivity contribution in [1.82, 2.24) is 0 Å². The normalized spacial score (nSPS) is 10.8. The molecule has 17 heavy (non-hydrogen) atoms. The third-order valence-electron chi connectivity index (χ3n) is 3.28. The number of rotatable bonds is 6. The molecule has 2 heteroatoms. The van der Waals surface area contributed by atoms with Crippen LogP contribution in [-0.2, 0) is 6.42 Å². The lowest BCUT2D eigenvalue weighted by Crippen LogP contribution is -1.93. The van der Waals surface area contributed by atoms with E-state index in [1.54, 1.807) is 0 Å². The van der Waals surface area contributed by atoms with Crippen LogP contribution in [0.5, 0.6) is 11.5 Å². The van der Waals surface area contributed by atoms with E-state index in [9.17, 15) is 10.2 Å². The lowest BCUT2D eigenvalue weighted by atomic mass is 9.98. The highest BCUT2D eigenvalue weighted by Gasteiger charge is 2.12. The van der Waals surface area contributed by atoms with Gasteiger partial charge in [0.05, 0.1) is 0 Å². The minimum atomic E-state index is 0.267. The molecule has 0 aliphatic carbocycles. The molecule has 0 spiro atoms. The molecule has 1 rings (SSSR count). The lowest BCUT2D eigenvalue weighted by molar-refractivity contribution is 0.430. The van der Waals surface area contributed by atoms with Gasteiger partial charge in [-0.05, 0) is 43.9 Å². The van der Waals surface area contributed by atoms with Crippen molar-refractivity contribution >= 4 is 0 Å². The first-order valence-electron chi connectivity index (χ1n) is 6.59. The van der Waals surface area contributed by atoms with E-state index in [4.69, 9.17) is 0 Å². The average Bonchev–Trinajstić information content (AvgIpc) is 2.30. The molecule has 0 fully saturated rings. The molecule has 0 atom stereocenters. The smallest absolute Gasteiger partial charge is 0.125 e. The first-order valence-corrected chi connectivity index (χ1v) is 6.59. The zero-order valence-electron chi connectivity index (χ0n) is 11.2. The van der Waals surface area contributed by atoms with Gasteiger partial charge in [0.15, 0.2) is 0 Å². The quantitative estimate of drug-likeness (QED) is 0.726. The SMILES string of the molecule is CCCCCCCc1c(O)c(C)cc(C)c1O. The van der Waals surface area contributed by atoms with Crippen molar-refractivity contribution in [3.8, 4) is 11.5 Å². The van der Waals surface area contributed by atoms with Gasteiger partial charge in [-0.2, -0.15) is 0 Å². The number of hydrogen-bond donors (Lipinski definition) is 2. The Bertz CT molecular complexity index is 343. The van der Waals surface area contributed by atoms with Gasteiger partial charge in [0, 0.05) is 5.56 Å². The van der Waals surface area contributed by atoms with Crippen LogP contribution in [0.1, 0.15) is 55.7 Å². The highest BCUT2D eigenvalue weighted by Crippen LogP contribution is 2.34. The van der Waals surface area contributed by atoms with E-state index in [-0.39, 0.29) is 11.5 Å². The van der Waals surface area contributed by atoms with E-state index in [0.717, 1.165) is 29.5 Å². The van der Waals surface area contributed by atoms with Crippen LogP contribution < -0.4 is 0 Å². The number of hydrogen-bond acceptors (Lipinski definition) is 2. The Hall–Kier alpha value is -1.18. The van der Waals surface area contributed by atoms with Crippen LogP contribution in [0.25, 0.3) is 0 Å². The van der Waals surface area contributed by atoms with E-state index in [2.05, 4.69) is 6.92 Å². The van der Waals surface area contributed by atoms with Crippen LogP contribution in [0.3, 0.4) is 0 Å². The van der Waals surface area contributed by atoms with Gasteiger partial charge in [-0.3, -0.25) is 0 Å². The fraction of sp³-hybridized carbons (Fsp3) is 0.600. The molecule has 2 nitrogen and oxygen atoms in total. The molecule has 0 heterocycles. The predicted octanol–water partition coefficient (Wildman–Crippen LogP) is 4.23. The number of benzene rings is 1. The summed E-state index contributed by atoms with van der Waals surface area (Å²) in [6.45, 7) is 5.95. The Morgan fingerprint density at radius 1 is 0.882 bits per heavy atom. The Kier molecular flexibility index (Phi) is 5.33. The third-order valence-corrected chi connectivity index (χ3v) is 3.28. The molecular weight excluding hydrogens is 212 g/mol. The van der Waals surface area contributed by atoms with Crippen LogP contribution in [0, 0.1) is 13.8 Å². The van der Waals surface area contributed by atoms with Crippen LogP contribution in [0.15, 0.2) is 6.07 Å². The monoisotopic (exact) mass is 236 g/mol. The molecule has 0 unspecified atom stereocenters. The molecular formula is C15H24O2. The molecule has 0 aromatic heterocycles. The van der Waals surface area contributed by atoms with Crippen molar-refractivity contribution < 1.29 is 10.2 Å². The van der Waals surface area contributed by atoms with Crippen LogP contribution in [-0.4, -0.2) is 10.2 Å². The molecule has 0 aliphatic rings. The van der Waals surface area contributed by atoms with Gasteiger partial charge in [0.25, 0.3) is 0 Å². The molecule has 0 radical (unpaired) electrons. The van der Waals surface area contributed by atoms with Gasteiger partial charge >= 0.3 is 0 Å². The van der Waals surface area contributed by atoms with Crippen molar-refractivity contribution in [2.24, 2.45) is 0 Å². The van der Waals surface area contributed by atoms with Crippen LogP contribution in [0.2, 0.25) is 0 Å². The molecule has 0 amide bonds. The van der Waals surface area contributed by atoms with Crippen molar-refractivity contribution in [3.05, 3.63) is 22.8 Å². The van der Waals surface area contributed by atoms with Crippen molar-refractivity contribution in [1.29, 1.82) is 0 Å². The van der Waals surface area contributed by atoms with Crippen molar-refractivity contribution in [3.63, 3.8) is 0 Å². The second-order valence-electron chi connectivity index (χ2n) is 4.85. The minimum absolute atomic E-state index is 0.267. The number of unbranched alkanes of at least 4 members (excludes halogenated alkanes) is 4. The standard InChI is InChI=1S/C15H24O2/c1-4-5-6-7-8-9-13-14(16)11(2)10-12(3)15(13)17/h10,16-17H,4-9H2,1-3H3. The molecule has 0 bridgehead atoms. The number of phenolic OH excluding ortho intramolecular Hbond substituents is 2. The largest absolute Gasteiger partial charge is 0.507 e. The summed E-state index contributed by atoms with van der Waals surface area (Å²) in [6, 6.07) is 1.82. The van der Waals surface area contributed by atoms with E-state index in [1.807, 2.05) is 19.9 Å². The number of phenols is 2. The second kappa shape index (κ2) is 6.53. The van der Waals surface area contributed by atoms with E-state index in [0.29, 0.717) is 0 Å². The van der Waals surface area contributed by atoms with E-state index in [1.165, 1.54) is 25.7 Å². The summed E-state index contributed by atoms with van der Waals surface area (Å²) in [5.74, 6) is 0.534. The van der Waals surface area contributed by atoms with Gasteiger partial charge in [0.2, 0.25) is 0 Å². The number of aromatic hydroxyl groups is 2. The van der Waals surface area contributed by atoms with E-state index < -0.39 is 0 Å². The first-order chi connectivity index (χ1) is 8.07. The van der Waals surface area contributed by atoms with Crippen LogP contribution >= 0.6 is 0 Å². The maximum Gasteiger partial charge on any atom is 0.125 e. The molecule has 2 N–H and O–H groups in total. The zero-order valence-corrected chi connectivity index (χ0v) is 11.2. The highest BCUT2D eigenvalue weighted by atomic mass is 16.3. The van der Waals surface area contributed by atoms with Gasteiger partial charge in [0.1, 0.15) is 11.5 Å². The van der Waals surface area contributed by atoms with Crippen molar-refractivity contribution in [2.45, 2.75) is 59.3 Å². The van der Waals surface area contributed by atoms with Gasteiger partial charge in [-0.25, -0.2) is 0 Å².